The minimum atomic E-state index is 0.259. The Bertz CT molecular complexity index is 669. The van der Waals surface area contributed by atoms with Crippen molar-refractivity contribution in [1.82, 2.24) is 0 Å². The van der Waals surface area contributed by atoms with Gasteiger partial charge in [-0.25, -0.2) is 0 Å². The number of hydrogen-bond acceptors (Lipinski definition) is 5. The van der Waals surface area contributed by atoms with Gasteiger partial charge in [0, 0.05) is 6.07 Å². The molecule has 2 aromatic carbocycles. The maximum absolute atomic E-state index is 8.91. The van der Waals surface area contributed by atoms with Crippen LogP contribution in [0.5, 0.6) is 23.0 Å². The van der Waals surface area contributed by atoms with E-state index in [0.29, 0.717) is 28.6 Å². The summed E-state index contributed by atoms with van der Waals surface area (Å²) < 4.78 is 21.7. The van der Waals surface area contributed by atoms with Gasteiger partial charge in [-0.3, -0.25) is 0 Å². The van der Waals surface area contributed by atoms with Crippen molar-refractivity contribution in [2.24, 2.45) is 0 Å². The van der Waals surface area contributed by atoms with Crippen LogP contribution in [0.4, 0.5) is 0 Å². The first kappa shape index (κ1) is 15.5. The van der Waals surface area contributed by atoms with Crippen molar-refractivity contribution < 1.29 is 18.9 Å². The Labute approximate surface area is 129 Å². The van der Waals surface area contributed by atoms with Crippen LogP contribution in [0, 0.1) is 11.3 Å². The van der Waals surface area contributed by atoms with Crippen LogP contribution in [0.25, 0.3) is 0 Å². The van der Waals surface area contributed by atoms with Gasteiger partial charge in [0.2, 0.25) is 0 Å². The summed E-state index contributed by atoms with van der Waals surface area (Å²) in [6, 6.07) is 12.6. The molecule has 22 heavy (non-hydrogen) atoms. The van der Waals surface area contributed by atoms with Crippen molar-refractivity contribution in [2.75, 3.05) is 21.3 Å². The molecule has 0 N–H and O–H groups in total. The molecule has 0 aliphatic heterocycles. The first-order valence-electron chi connectivity index (χ1n) is 6.64. The predicted molar refractivity (Wildman–Crippen MR) is 81.6 cm³/mol. The molecular weight excluding hydrogens is 282 g/mol. The van der Waals surface area contributed by atoms with E-state index in [2.05, 4.69) is 6.07 Å². The van der Waals surface area contributed by atoms with Crippen molar-refractivity contribution in [3.8, 4) is 29.1 Å². The van der Waals surface area contributed by atoms with Gasteiger partial charge in [0.15, 0.2) is 11.5 Å². The van der Waals surface area contributed by atoms with Crippen LogP contribution >= 0.6 is 0 Å². The third kappa shape index (κ3) is 3.23. The highest BCUT2D eigenvalue weighted by Gasteiger charge is 2.12. The van der Waals surface area contributed by atoms with Crippen LogP contribution in [0.3, 0.4) is 0 Å². The van der Waals surface area contributed by atoms with Crippen molar-refractivity contribution in [3.63, 3.8) is 0 Å². The zero-order chi connectivity index (χ0) is 15.9. The number of nitriles is 1. The third-order valence-electron chi connectivity index (χ3n) is 3.19. The minimum Gasteiger partial charge on any atom is -0.496 e. The largest absolute Gasteiger partial charge is 0.496 e. The number of benzene rings is 2. The smallest absolute Gasteiger partial charge is 0.162 e. The Kier molecular flexibility index (Phi) is 5.10. The Morgan fingerprint density at radius 3 is 2.05 bits per heavy atom. The van der Waals surface area contributed by atoms with Gasteiger partial charge in [-0.15, -0.1) is 0 Å². The molecule has 5 nitrogen and oxygen atoms in total. The van der Waals surface area contributed by atoms with Gasteiger partial charge in [0.05, 0.1) is 38.5 Å². The van der Waals surface area contributed by atoms with E-state index >= 15 is 0 Å². The number of ether oxygens (including phenoxy) is 4. The van der Waals surface area contributed by atoms with Crippen LogP contribution in [0.2, 0.25) is 0 Å². The molecule has 114 valence electrons. The average molecular weight is 299 g/mol. The molecule has 0 atom stereocenters. The monoisotopic (exact) mass is 299 g/mol. The molecule has 0 heterocycles. The van der Waals surface area contributed by atoms with Gasteiger partial charge in [0.1, 0.15) is 18.1 Å². The SMILES string of the molecule is COc1cc(C#N)ccc1OCc1c(OC)cccc1OC. The number of hydrogen-bond donors (Lipinski definition) is 0. The van der Waals surface area contributed by atoms with E-state index in [1.165, 1.54) is 7.11 Å². The number of methoxy groups -OCH3 is 3. The number of nitrogens with zero attached hydrogens (tertiary/aromatic N) is 1. The number of rotatable bonds is 6. The molecular formula is C17H17NO4. The van der Waals surface area contributed by atoms with Crippen molar-refractivity contribution >= 4 is 0 Å². The summed E-state index contributed by atoms with van der Waals surface area (Å²) in [6.45, 7) is 0.259. The molecule has 0 saturated heterocycles. The Balaban J connectivity index is 2.26. The van der Waals surface area contributed by atoms with E-state index in [-0.39, 0.29) is 6.61 Å². The molecule has 0 radical (unpaired) electrons. The van der Waals surface area contributed by atoms with Crippen LogP contribution in [0.1, 0.15) is 11.1 Å². The summed E-state index contributed by atoms with van der Waals surface area (Å²) >= 11 is 0. The summed E-state index contributed by atoms with van der Waals surface area (Å²) in [6.07, 6.45) is 0. The molecule has 5 heteroatoms. The Morgan fingerprint density at radius 2 is 1.50 bits per heavy atom. The molecule has 0 bridgehead atoms. The molecule has 2 aromatic rings. The fourth-order valence-electron chi connectivity index (χ4n) is 2.08. The first-order valence-corrected chi connectivity index (χ1v) is 6.64. The lowest BCUT2D eigenvalue weighted by atomic mass is 10.2. The topological polar surface area (TPSA) is 60.7 Å². The Hall–Kier alpha value is -2.87. The minimum absolute atomic E-state index is 0.259. The highest BCUT2D eigenvalue weighted by Crippen LogP contribution is 2.32. The fraction of sp³-hybridized carbons (Fsp3) is 0.235. The van der Waals surface area contributed by atoms with Gasteiger partial charge >= 0.3 is 0 Å². The molecule has 2 rings (SSSR count). The summed E-state index contributed by atoms with van der Waals surface area (Å²) in [5.41, 5.74) is 1.32. The van der Waals surface area contributed by atoms with Gasteiger partial charge in [-0.1, -0.05) is 6.07 Å². The second kappa shape index (κ2) is 7.23. The average Bonchev–Trinajstić information content (AvgIpc) is 2.59. The maximum atomic E-state index is 8.91. The van der Waals surface area contributed by atoms with Crippen molar-refractivity contribution in [3.05, 3.63) is 47.5 Å². The van der Waals surface area contributed by atoms with Gasteiger partial charge in [-0.2, -0.15) is 5.26 Å². The molecule has 0 unspecified atom stereocenters. The summed E-state index contributed by atoms with van der Waals surface area (Å²) in [5.74, 6) is 2.43. The zero-order valence-electron chi connectivity index (χ0n) is 12.8. The lowest BCUT2D eigenvalue weighted by Gasteiger charge is -2.15. The first-order chi connectivity index (χ1) is 10.7. The molecule has 0 aromatic heterocycles. The van der Waals surface area contributed by atoms with E-state index in [1.807, 2.05) is 18.2 Å². The Morgan fingerprint density at radius 1 is 0.864 bits per heavy atom. The fourth-order valence-corrected chi connectivity index (χ4v) is 2.08. The summed E-state index contributed by atoms with van der Waals surface area (Å²) in [5, 5.41) is 8.91. The predicted octanol–water partition coefficient (Wildman–Crippen LogP) is 3.16. The van der Waals surface area contributed by atoms with Gasteiger partial charge in [0.25, 0.3) is 0 Å². The van der Waals surface area contributed by atoms with Crippen molar-refractivity contribution in [1.29, 1.82) is 5.26 Å². The normalized spacial score (nSPS) is 9.73. The summed E-state index contributed by atoms with van der Waals surface area (Å²) in [4.78, 5) is 0. The van der Waals surface area contributed by atoms with Crippen LogP contribution in [0.15, 0.2) is 36.4 Å². The van der Waals surface area contributed by atoms with E-state index in [0.717, 1.165) is 5.56 Å². The molecule has 0 amide bonds. The highest BCUT2D eigenvalue weighted by atomic mass is 16.5. The van der Waals surface area contributed by atoms with E-state index in [1.54, 1.807) is 32.4 Å². The standard InChI is InChI=1S/C17H17NO4/c1-19-14-5-4-6-15(20-2)13(14)11-22-16-8-7-12(10-18)9-17(16)21-3/h4-9H,11H2,1-3H3. The maximum Gasteiger partial charge on any atom is 0.162 e. The second-order valence-electron chi connectivity index (χ2n) is 4.41. The van der Waals surface area contributed by atoms with Crippen LogP contribution < -0.4 is 18.9 Å². The lowest BCUT2D eigenvalue weighted by molar-refractivity contribution is 0.270. The molecule has 0 aliphatic rings. The molecule has 0 saturated carbocycles. The highest BCUT2D eigenvalue weighted by molar-refractivity contribution is 5.48. The van der Waals surface area contributed by atoms with Gasteiger partial charge < -0.3 is 18.9 Å². The van der Waals surface area contributed by atoms with Gasteiger partial charge in [-0.05, 0) is 24.3 Å². The van der Waals surface area contributed by atoms with E-state index in [9.17, 15) is 0 Å². The van der Waals surface area contributed by atoms with E-state index < -0.39 is 0 Å². The van der Waals surface area contributed by atoms with E-state index in [4.69, 9.17) is 24.2 Å². The zero-order valence-corrected chi connectivity index (χ0v) is 12.8. The van der Waals surface area contributed by atoms with Crippen LogP contribution in [-0.4, -0.2) is 21.3 Å². The molecule has 0 spiro atoms. The lowest BCUT2D eigenvalue weighted by Crippen LogP contribution is -2.02. The summed E-state index contributed by atoms with van der Waals surface area (Å²) in [7, 11) is 4.73. The van der Waals surface area contributed by atoms with Crippen molar-refractivity contribution in [2.45, 2.75) is 6.61 Å². The third-order valence-corrected chi connectivity index (χ3v) is 3.19. The quantitative estimate of drug-likeness (QED) is 0.820. The molecule has 0 aliphatic carbocycles. The molecule has 0 fully saturated rings. The van der Waals surface area contributed by atoms with Crippen LogP contribution in [-0.2, 0) is 6.61 Å². The second-order valence-corrected chi connectivity index (χ2v) is 4.41.